The molecule has 0 radical (unpaired) electrons. The van der Waals surface area contributed by atoms with Crippen molar-refractivity contribution in [2.24, 2.45) is 0 Å². The lowest BCUT2D eigenvalue weighted by Crippen LogP contribution is -2.36. The number of ketones is 1. The SMILES string of the molecule is Cc1cc(C(C)NC(=O)CCC(=O)O)c([N+](=O)[O-])cc1OCC(=O)NCCCCCC(=O)CCCCC1SCC2NC(=O)NC21. The number of ether oxygens (including phenoxy) is 1. The summed E-state index contributed by atoms with van der Waals surface area (Å²) in [7, 11) is 0. The summed E-state index contributed by atoms with van der Waals surface area (Å²) in [4.78, 5) is 69.8. The molecule has 0 saturated carbocycles. The third-order valence-corrected chi connectivity index (χ3v) is 9.39. The zero-order valence-corrected chi connectivity index (χ0v) is 26.5. The van der Waals surface area contributed by atoms with Gasteiger partial charge in [0.1, 0.15) is 11.5 Å². The summed E-state index contributed by atoms with van der Waals surface area (Å²) >= 11 is 1.88. The van der Waals surface area contributed by atoms with E-state index in [4.69, 9.17) is 9.84 Å². The Bertz CT molecular complexity index is 1260. The Morgan fingerprint density at radius 2 is 1.80 bits per heavy atom. The molecular formula is C30H43N5O9S. The molecule has 0 bridgehead atoms. The van der Waals surface area contributed by atoms with Gasteiger partial charge in [-0.05, 0) is 51.2 Å². The molecule has 14 nitrogen and oxygen atoms in total. The van der Waals surface area contributed by atoms with E-state index >= 15 is 0 Å². The average Bonchev–Trinajstić information content (AvgIpc) is 3.54. The van der Waals surface area contributed by atoms with Gasteiger partial charge < -0.3 is 31.1 Å². The summed E-state index contributed by atoms with van der Waals surface area (Å²) in [6.07, 6.45) is 5.52. The smallest absolute Gasteiger partial charge is 0.315 e. The molecule has 2 saturated heterocycles. The fourth-order valence-electron chi connectivity index (χ4n) is 5.45. The maximum Gasteiger partial charge on any atom is 0.315 e. The number of carbonyl (C=O) groups excluding carboxylic acids is 4. The van der Waals surface area contributed by atoms with Gasteiger partial charge in [0.05, 0.1) is 41.1 Å². The molecule has 2 heterocycles. The lowest BCUT2D eigenvalue weighted by atomic mass is 10.0. The number of urea groups is 1. The largest absolute Gasteiger partial charge is 0.483 e. The van der Waals surface area contributed by atoms with Crippen molar-refractivity contribution in [3.8, 4) is 5.75 Å². The number of nitrogens with zero attached hydrogens (tertiary/aromatic N) is 1. The third kappa shape index (κ3) is 11.5. The van der Waals surface area contributed by atoms with E-state index in [1.165, 1.54) is 12.1 Å². The molecule has 0 aromatic heterocycles. The summed E-state index contributed by atoms with van der Waals surface area (Å²) < 4.78 is 5.55. The number of hydrogen-bond donors (Lipinski definition) is 5. The minimum absolute atomic E-state index is 0.0854. The van der Waals surface area contributed by atoms with Crippen molar-refractivity contribution < 1.29 is 38.7 Å². The maximum atomic E-state index is 12.3. The van der Waals surface area contributed by atoms with Crippen LogP contribution in [0.15, 0.2) is 12.1 Å². The van der Waals surface area contributed by atoms with Gasteiger partial charge in [0.25, 0.3) is 11.6 Å². The van der Waals surface area contributed by atoms with Crippen molar-refractivity contribution in [3.05, 3.63) is 33.4 Å². The zero-order valence-electron chi connectivity index (χ0n) is 25.7. The number of hydrogen-bond acceptors (Lipinski definition) is 9. The van der Waals surface area contributed by atoms with Crippen LogP contribution in [0.25, 0.3) is 0 Å². The number of nitro benzene ring substituents is 1. The predicted octanol–water partition coefficient (Wildman–Crippen LogP) is 3.30. The highest BCUT2D eigenvalue weighted by molar-refractivity contribution is 8.00. The van der Waals surface area contributed by atoms with Crippen LogP contribution in [0.2, 0.25) is 0 Å². The van der Waals surface area contributed by atoms with Crippen LogP contribution in [-0.2, 0) is 19.2 Å². The van der Waals surface area contributed by atoms with E-state index in [-0.39, 0.29) is 66.3 Å². The Morgan fingerprint density at radius 3 is 2.51 bits per heavy atom. The normalized spacial score (nSPS) is 19.2. The van der Waals surface area contributed by atoms with Crippen molar-refractivity contribution in [1.82, 2.24) is 21.3 Å². The van der Waals surface area contributed by atoms with Gasteiger partial charge in [-0.2, -0.15) is 11.8 Å². The molecule has 15 heteroatoms. The third-order valence-electron chi connectivity index (χ3n) is 7.88. The van der Waals surface area contributed by atoms with E-state index in [1.54, 1.807) is 13.8 Å². The van der Waals surface area contributed by atoms with Gasteiger partial charge in [-0.1, -0.05) is 12.8 Å². The van der Waals surface area contributed by atoms with Gasteiger partial charge in [0.2, 0.25) is 5.91 Å². The van der Waals surface area contributed by atoms with Crippen molar-refractivity contribution in [2.45, 2.75) is 101 Å². The maximum absolute atomic E-state index is 12.3. The van der Waals surface area contributed by atoms with E-state index in [9.17, 15) is 34.1 Å². The highest BCUT2D eigenvalue weighted by Gasteiger charge is 2.42. The number of nitro groups is 1. The number of aryl methyl sites for hydroxylation is 1. The molecule has 2 aliphatic heterocycles. The number of unbranched alkanes of at least 4 members (excludes halogenated alkanes) is 3. The van der Waals surface area contributed by atoms with Crippen molar-refractivity contribution in [3.63, 3.8) is 0 Å². The number of thioether (sulfide) groups is 1. The highest BCUT2D eigenvalue weighted by atomic mass is 32.2. The Balaban J connectivity index is 1.28. The van der Waals surface area contributed by atoms with Crippen LogP contribution >= 0.6 is 11.8 Å². The minimum Gasteiger partial charge on any atom is -0.483 e. The van der Waals surface area contributed by atoms with Crippen molar-refractivity contribution >= 4 is 47.0 Å². The van der Waals surface area contributed by atoms with E-state index in [0.29, 0.717) is 36.6 Å². The molecule has 4 amide bonds. The van der Waals surface area contributed by atoms with E-state index in [1.807, 2.05) is 11.8 Å². The number of fused-ring (bicyclic) bond motifs is 1. The van der Waals surface area contributed by atoms with Crippen molar-refractivity contribution in [1.29, 1.82) is 0 Å². The predicted molar refractivity (Wildman–Crippen MR) is 167 cm³/mol. The molecule has 2 fully saturated rings. The van der Waals surface area contributed by atoms with Crippen LogP contribution in [0.1, 0.15) is 88.3 Å². The van der Waals surface area contributed by atoms with Gasteiger partial charge in [0.15, 0.2) is 6.61 Å². The highest BCUT2D eigenvalue weighted by Crippen LogP contribution is 2.34. The number of benzene rings is 1. The number of Topliss-reactive ketones (excluding diaryl/α,β-unsaturated/α-hetero) is 1. The lowest BCUT2D eigenvalue weighted by molar-refractivity contribution is -0.385. The topological polar surface area (TPSA) is 206 Å². The standard InChI is InChI=1S/C30H43N5O9S/c1-18-14-21(19(2)32-26(37)11-12-28(39)40)23(35(42)43)15-24(18)44-16-27(38)31-13-7-3-4-8-20(36)9-5-6-10-25-29-22(17-45-25)33-30(41)34-29/h14-15,19,22,25,29H,3-13,16-17H2,1-2H3,(H,31,38)(H,32,37)(H,39,40)(H2,33,34,41). The number of rotatable bonds is 20. The fraction of sp³-hybridized carbons (Fsp3) is 0.633. The molecule has 3 rings (SSSR count). The lowest BCUT2D eigenvalue weighted by Gasteiger charge is -2.17. The number of carboxylic acids is 1. The molecule has 5 N–H and O–H groups in total. The van der Waals surface area contributed by atoms with Crippen LogP contribution in [0.5, 0.6) is 5.75 Å². The van der Waals surface area contributed by atoms with E-state index in [0.717, 1.165) is 37.9 Å². The molecule has 0 aliphatic carbocycles. The summed E-state index contributed by atoms with van der Waals surface area (Å²) in [5.74, 6) is -0.697. The van der Waals surface area contributed by atoms with Gasteiger partial charge in [0, 0.05) is 36.8 Å². The second-order valence-corrected chi connectivity index (χ2v) is 12.7. The Labute approximate surface area is 266 Å². The molecule has 1 aromatic rings. The molecule has 2 aliphatic rings. The van der Waals surface area contributed by atoms with Crippen LogP contribution in [0.4, 0.5) is 10.5 Å². The molecule has 45 heavy (non-hydrogen) atoms. The van der Waals surface area contributed by atoms with E-state index < -0.39 is 22.8 Å². The monoisotopic (exact) mass is 649 g/mol. The summed E-state index contributed by atoms with van der Waals surface area (Å²) in [5, 5.41) is 32.1. The average molecular weight is 650 g/mol. The Hall–Kier alpha value is -3.88. The Kier molecular flexibility index (Phi) is 13.9. The van der Waals surface area contributed by atoms with Crippen LogP contribution in [0, 0.1) is 17.0 Å². The number of nitrogens with one attached hydrogen (secondary N) is 4. The number of amides is 4. The van der Waals surface area contributed by atoms with Crippen LogP contribution < -0.4 is 26.0 Å². The first-order valence-electron chi connectivity index (χ1n) is 15.3. The molecule has 4 atom stereocenters. The number of aliphatic carboxylic acids is 1. The number of carbonyl (C=O) groups is 5. The molecular weight excluding hydrogens is 606 g/mol. The second-order valence-electron chi connectivity index (χ2n) is 11.5. The molecule has 4 unspecified atom stereocenters. The molecule has 0 spiro atoms. The fourth-order valence-corrected chi connectivity index (χ4v) is 7.00. The summed E-state index contributed by atoms with van der Waals surface area (Å²) in [6, 6.07) is 2.30. The quantitative estimate of drug-likeness (QED) is 0.0603. The number of carboxylic acid groups (broad SMARTS) is 1. The first-order valence-corrected chi connectivity index (χ1v) is 16.4. The summed E-state index contributed by atoms with van der Waals surface area (Å²) in [5.41, 5.74) is 0.472. The minimum atomic E-state index is -1.12. The van der Waals surface area contributed by atoms with Crippen LogP contribution in [-0.4, -0.2) is 75.9 Å². The summed E-state index contributed by atoms with van der Waals surface area (Å²) in [6.45, 7) is 3.31. The van der Waals surface area contributed by atoms with Crippen LogP contribution in [0.3, 0.4) is 0 Å². The Morgan fingerprint density at radius 1 is 1.07 bits per heavy atom. The van der Waals surface area contributed by atoms with Crippen molar-refractivity contribution in [2.75, 3.05) is 18.9 Å². The first kappa shape index (κ1) is 35.6. The zero-order chi connectivity index (χ0) is 32.9. The molecule has 1 aromatic carbocycles. The van der Waals surface area contributed by atoms with Gasteiger partial charge in [-0.15, -0.1) is 0 Å². The van der Waals surface area contributed by atoms with Gasteiger partial charge in [-0.25, -0.2) is 4.79 Å². The molecule has 248 valence electrons. The van der Waals surface area contributed by atoms with Gasteiger partial charge >= 0.3 is 12.0 Å². The second kappa shape index (κ2) is 17.6. The van der Waals surface area contributed by atoms with Gasteiger partial charge in [-0.3, -0.25) is 29.3 Å². The van der Waals surface area contributed by atoms with E-state index in [2.05, 4.69) is 21.3 Å². The first-order chi connectivity index (χ1) is 21.4.